The predicted octanol–water partition coefficient (Wildman–Crippen LogP) is 12.6. The van der Waals surface area contributed by atoms with Crippen molar-refractivity contribution < 1.29 is 79.9 Å². The molecule has 2 aromatic rings. The van der Waals surface area contributed by atoms with Crippen LogP contribution in [0.3, 0.4) is 0 Å². The summed E-state index contributed by atoms with van der Waals surface area (Å²) in [5.74, 6) is 0.917. The summed E-state index contributed by atoms with van der Waals surface area (Å²) in [6.07, 6.45) is 37.8. The minimum atomic E-state index is -1.35. The number of benzene rings is 1. The summed E-state index contributed by atoms with van der Waals surface area (Å²) in [6, 6.07) is 7.13. The minimum absolute atomic E-state index is 0.0748. The van der Waals surface area contributed by atoms with Gasteiger partial charge in [-0.15, -0.1) is 5.10 Å². The fourth-order valence-corrected chi connectivity index (χ4v) is 9.94. The second kappa shape index (κ2) is 75.8. The van der Waals surface area contributed by atoms with Crippen molar-refractivity contribution in [2.75, 3.05) is 191 Å². The minimum Gasteiger partial charge on any atom is -0.491 e. The Morgan fingerprint density at radius 1 is 0.417 bits per heavy atom. The highest BCUT2D eigenvalue weighted by Crippen LogP contribution is 2.22. The van der Waals surface area contributed by atoms with E-state index < -0.39 is 10.8 Å². The summed E-state index contributed by atoms with van der Waals surface area (Å²) in [7, 11) is -1.35. The van der Waals surface area contributed by atoms with Crippen molar-refractivity contribution >= 4 is 41.1 Å². The maximum absolute atomic E-state index is 13.3. The van der Waals surface area contributed by atoms with E-state index in [2.05, 4.69) is 47.3 Å². The highest BCUT2D eigenvalue weighted by atomic mass is 32.2. The number of carbonyl (C=O) groups is 3. The van der Waals surface area contributed by atoms with Gasteiger partial charge in [0.2, 0.25) is 23.6 Å². The standard InChI is InChI=1S/C69H125N5O17S.C2H6.CH4S/c1-4-6-8-10-12-14-16-18-20-22-24-26-28-30-65(75)70-36-40-79-44-48-83-52-54-85-50-46-81-42-38-74(67(77)62-89-59-58-87-56-57-88-60-61-90-64-34-32-63(33-35-64)68-72-73-69(91-68)92(3)78)39-43-82-47-51-86-55-53-84-49-45-80-41-37-71-66(76)31-29-27-25-23-21-19-17-15-13-11-9-7-5-2;2*1-2/h32-35H,4-31,36-62H2,1-3H3,(H,70,75)(H,71,76);1-2H3;2H,1H3. The van der Waals surface area contributed by atoms with E-state index >= 15 is 0 Å². The van der Waals surface area contributed by atoms with Gasteiger partial charge < -0.3 is 76.8 Å². The highest BCUT2D eigenvalue weighted by molar-refractivity contribution is 7.84. The molecule has 0 aliphatic heterocycles. The Morgan fingerprint density at radius 3 is 1.05 bits per heavy atom. The Morgan fingerprint density at radius 2 is 0.719 bits per heavy atom. The van der Waals surface area contributed by atoms with Crippen LogP contribution in [0.4, 0.5) is 0 Å². The predicted molar refractivity (Wildman–Crippen MR) is 386 cm³/mol. The number of thiol groups is 1. The summed E-state index contributed by atoms with van der Waals surface area (Å²) >= 11 is 3.53. The Hall–Kier alpha value is -3.37. The fourth-order valence-electron chi connectivity index (χ4n) is 9.59. The molecule has 0 aliphatic rings. The van der Waals surface area contributed by atoms with Crippen molar-refractivity contribution in [2.45, 2.75) is 213 Å². The van der Waals surface area contributed by atoms with Gasteiger partial charge in [0.05, 0.1) is 139 Å². The average Bonchev–Trinajstić information content (AvgIpc) is 1.71. The van der Waals surface area contributed by atoms with Gasteiger partial charge in [0.25, 0.3) is 0 Å². The van der Waals surface area contributed by atoms with Gasteiger partial charge in [-0.25, -0.2) is 4.21 Å². The zero-order valence-corrected chi connectivity index (χ0v) is 62.5. The maximum atomic E-state index is 13.3. The Labute approximate surface area is 588 Å². The molecule has 96 heavy (non-hydrogen) atoms. The maximum Gasteiger partial charge on any atom is 0.307 e. The average molecular weight is 1410 g/mol. The topological polar surface area (TPSA) is 245 Å². The number of unbranched alkanes of at least 4 members (excludes halogenated alkanes) is 24. The van der Waals surface area contributed by atoms with Crippen LogP contribution in [0.25, 0.3) is 11.5 Å². The Bertz CT molecular complexity index is 1910. The van der Waals surface area contributed by atoms with E-state index in [1.165, 1.54) is 148 Å². The van der Waals surface area contributed by atoms with E-state index in [4.69, 9.17) is 61.3 Å². The largest absolute Gasteiger partial charge is 0.491 e. The van der Waals surface area contributed by atoms with E-state index in [1.807, 2.05) is 13.8 Å². The van der Waals surface area contributed by atoms with Crippen molar-refractivity contribution in [3.63, 3.8) is 0 Å². The van der Waals surface area contributed by atoms with Gasteiger partial charge in [0.15, 0.2) is 0 Å². The number of ether oxygens (including phenoxy) is 12. The highest BCUT2D eigenvalue weighted by Gasteiger charge is 2.15. The number of nitrogens with zero attached hydrogens (tertiary/aromatic N) is 3. The molecule has 1 atom stereocenters. The van der Waals surface area contributed by atoms with Crippen LogP contribution in [0.15, 0.2) is 33.9 Å². The molecule has 0 saturated carbocycles. The molecule has 22 nitrogen and oxygen atoms in total. The molecule has 1 heterocycles. The first kappa shape index (κ1) is 92.6. The van der Waals surface area contributed by atoms with Gasteiger partial charge in [-0.1, -0.05) is 187 Å². The van der Waals surface area contributed by atoms with Gasteiger partial charge in [-0.05, 0) is 43.4 Å². The normalized spacial score (nSPS) is 11.4. The first-order valence-corrected chi connectivity index (χ1v) is 39.3. The number of carbonyl (C=O) groups excluding carboxylic acids is 3. The van der Waals surface area contributed by atoms with Crippen molar-refractivity contribution in [1.29, 1.82) is 0 Å². The van der Waals surface area contributed by atoms with E-state index in [9.17, 15) is 18.6 Å². The lowest BCUT2D eigenvalue weighted by atomic mass is 10.0. The number of rotatable bonds is 72. The van der Waals surface area contributed by atoms with Crippen molar-refractivity contribution in [1.82, 2.24) is 25.7 Å². The summed E-state index contributed by atoms with van der Waals surface area (Å²) in [6.45, 7) is 18.4. The molecule has 24 heteroatoms. The molecule has 0 bridgehead atoms. The van der Waals surface area contributed by atoms with Crippen molar-refractivity contribution in [3.05, 3.63) is 24.3 Å². The first-order chi connectivity index (χ1) is 47.3. The quantitative estimate of drug-likeness (QED) is 0.0411. The van der Waals surface area contributed by atoms with Gasteiger partial charge in [0.1, 0.15) is 29.8 Å². The fraction of sp³-hybridized carbons (Fsp3) is 0.847. The van der Waals surface area contributed by atoms with Crippen LogP contribution in [-0.4, -0.2) is 228 Å². The zero-order valence-electron chi connectivity index (χ0n) is 60.8. The molecule has 0 spiro atoms. The molecule has 1 unspecified atom stereocenters. The number of hydrogen-bond donors (Lipinski definition) is 3. The van der Waals surface area contributed by atoms with Crippen molar-refractivity contribution in [2.24, 2.45) is 0 Å². The van der Waals surface area contributed by atoms with E-state index in [-0.39, 0.29) is 42.0 Å². The third kappa shape index (κ3) is 62.9. The molecule has 0 fully saturated rings. The third-order valence-electron chi connectivity index (χ3n) is 15.0. The molecule has 0 radical (unpaired) electrons. The summed E-state index contributed by atoms with van der Waals surface area (Å²) in [5, 5.41) is 13.7. The van der Waals surface area contributed by atoms with Gasteiger partial charge >= 0.3 is 5.22 Å². The van der Waals surface area contributed by atoms with Crippen LogP contribution in [-0.2, 0) is 77.3 Å². The molecule has 3 amide bonds. The third-order valence-corrected chi connectivity index (χ3v) is 15.6. The van der Waals surface area contributed by atoms with Gasteiger partial charge in [-0.2, -0.15) is 12.6 Å². The molecular weight excluding hydrogens is 1270 g/mol. The number of hydrogen-bond acceptors (Lipinski definition) is 20. The molecule has 1 aromatic heterocycles. The molecule has 562 valence electrons. The van der Waals surface area contributed by atoms with Crippen molar-refractivity contribution in [3.8, 4) is 17.2 Å². The Kier molecular flexibility index (Phi) is 73.2. The van der Waals surface area contributed by atoms with Crippen LogP contribution in [0.1, 0.15) is 207 Å². The van der Waals surface area contributed by atoms with Crippen LogP contribution >= 0.6 is 12.6 Å². The van der Waals surface area contributed by atoms with Crippen LogP contribution in [0.5, 0.6) is 5.75 Å². The second-order valence-electron chi connectivity index (χ2n) is 22.9. The van der Waals surface area contributed by atoms with E-state index in [0.717, 1.165) is 25.7 Å². The van der Waals surface area contributed by atoms with Crippen LogP contribution in [0.2, 0.25) is 0 Å². The van der Waals surface area contributed by atoms with E-state index in [1.54, 1.807) is 35.4 Å². The summed E-state index contributed by atoms with van der Waals surface area (Å²) in [4.78, 5) is 39.3. The van der Waals surface area contributed by atoms with Gasteiger partial charge in [0, 0.05) is 50.8 Å². The lowest BCUT2D eigenvalue weighted by Crippen LogP contribution is -2.39. The molecule has 2 rings (SSSR count). The smallest absolute Gasteiger partial charge is 0.307 e. The SMILES string of the molecule is CC.CCCCCCCCCCCCCCCC(=O)NCCOCCOCCOCCOCCN(CCOCCOCCOCCOCCNC(=O)CCCCCCCCCCCCCCC)C(=O)COCCOCCOCCOc1ccc(-c2nnc(S(C)=O)o2)cc1.CS. The van der Waals surface area contributed by atoms with Crippen LogP contribution < -0.4 is 15.4 Å². The molecule has 2 N–H and O–H groups in total. The zero-order chi connectivity index (χ0) is 69.9. The molecule has 1 aromatic carbocycles. The van der Waals surface area contributed by atoms with Gasteiger partial charge in [-0.3, -0.25) is 14.4 Å². The second-order valence-corrected chi connectivity index (χ2v) is 24.2. The summed E-state index contributed by atoms with van der Waals surface area (Å²) in [5.41, 5.74) is 0.692. The van der Waals surface area contributed by atoms with Crippen LogP contribution in [0, 0.1) is 0 Å². The molecule has 0 aliphatic carbocycles. The number of nitrogens with one attached hydrogen (secondary N) is 2. The molecule has 0 saturated heterocycles. The monoisotopic (exact) mass is 1410 g/mol. The molecular formula is C72H135N5O17S2. The lowest BCUT2D eigenvalue weighted by Gasteiger charge is -2.23. The number of aromatic nitrogens is 2. The number of amides is 3. The lowest BCUT2D eigenvalue weighted by molar-refractivity contribution is -0.138. The first-order valence-electron chi connectivity index (χ1n) is 36.8. The Balaban J connectivity index is 0.0000221. The summed E-state index contributed by atoms with van der Waals surface area (Å²) < 4.78 is 85.0. The van der Waals surface area contributed by atoms with E-state index in [0.29, 0.717) is 189 Å².